The van der Waals surface area contributed by atoms with Gasteiger partial charge in [-0.2, -0.15) is 0 Å². The summed E-state index contributed by atoms with van der Waals surface area (Å²) in [6.07, 6.45) is 13.4. The first kappa shape index (κ1) is 41.9. The molecule has 1 amide bonds. The minimum Gasteiger partial charge on any atom is -0.481 e. The second kappa shape index (κ2) is 17.8. The van der Waals surface area contributed by atoms with Crippen molar-refractivity contribution in [2.24, 2.45) is 23.5 Å². The van der Waals surface area contributed by atoms with Crippen molar-refractivity contribution in [2.75, 3.05) is 0 Å². The van der Waals surface area contributed by atoms with Crippen LogP contribution in [0.5, 0.6) is 0 Å². The van der Waals surface area contributed by atoms with Crippen LogP contribution in [0.4, 0.5) is 0 Å². The molecule has 0 aliphatic heterocycles. The number of rotatable bonds is 12. The Morgan fingerprint density at radius 1 is 0.714 bits per heavy atom. The third-order valence-corrected chi connectivity index (χ3v) is 12.4. The molecular weight excluding hydrogens is 767 g/mol. The van der Waals surface area contributed by atoms with E-state index in [9.17, 15) is 14.4 Å². The summed E-state index contributed by atoms with van der Waals surface area (Å²) in [7, 11) is 7.36. The molecule has 3 aliphatic rings. The van der Waals surface area contributed by atoms with Crippen LogP contribution in [0.3, 0.4) is 0 Å². The molecule has 16 heteroatoms. The first-order valence-corrected chi connectivity index (χ1v) is 21.8. The molecule has 0 unspecified atom stereocenters. The van der Waals surface area contributed by atoms with Gasteiger partial charge in [0.25, 0.3) is 0 Å². The van der Waals surface area contributed by atoms with Gasteiger partial charge in [-0.15, -0.1) is 34.0 Å². The fraction of sp³-hybridized carbons (Fsp3) is 0.636. The van der Waals surface area contributed by atoms with Crippen LogP contribution in [0.15, 0.2) is 18.6 Å². The highest BCUT2D eigenvalue weighted by atomic mass is 36.0. The molecule has 3 aromatic rings. The lowest BCUT2D eigenvalue weighted by Gasteiger charge is -2.05. The number of primary amides is 1. The zero-order chi connectivity index (χ0) is 36.7. The number of carboxylic acids is 1. The second-order valence-electron chi connectivity index (χ2n) is 14.0. The number of halogens is 3. The van der Waals surface area contributed by atoms with Gasteiger partial charge in [0, 0.05) is 73.8 Å². The highest BCUT2D eigenvalue weighted by Crippen LogP contribution is 2.52. The van der Waals surface area contributed by atoms with Crippen molar-refractivity contribution in [1.82, 2.24) is 15.0 Å². The summed E-state index contributed by atoms with van der Waals surface area (Å²) in [6.45, 7) is 13.0. The lowest BCUT2D eigenvalue weighted by Crippen LogP contribution is -2.27. The van der Waals surface area contributed by atoms with E-state index < -0.39 is 20.6 Å². The van der Waals surface area contributed by atoms with E-state index in [1.165, 1.54) is 0 Å². The molecule has 0 saturated heterocycles. The summed E-state index contributed by atoms with van der Waals surface area (Å²) < 4.78 is 9.09. The number of carbonyl (C=O) groups excluding carboxylic acids is 2. The molecule has 3 heterocycles. The van der Waals surface area contributed by atoms with E-state index in [-0.39, 0.29) is 22.0 Å². The molecule has 0 bridgehead atoms. The highest BCUT2D eigenvalue weighted by molar-refractivity contribution is 8.26. The fourth-order valence-electron chi connectivity index (χ4n) is 5.02. The molecule has 0 spiro atoms. The first-order chi connectivity index (χ1) is 22.9. The molecule has 9 nitrogen and oxygen atoms in total. The SMILES string of the molecule is CC(C)Cc1ncc(C2(C(=O)Cl)CC2)s1.CC(C)Cc1ncc(C2(C(=O)O)CC2)s1.CC(C)Cc1ncc(C2(C(N)=O)CC2)s1.O=S(Cl)Cl. The lowest BCUT2D eigenvalue weighted by atomic mass is 10.1. The molecule has 0 radical (unpaired) electrons. The van der Waals surface area contributed by atoms with Crippen LogP contribution in [-0.4, -0.2) is 41.4 Å². The predicted molar refractivity (Wildman–Crippen MR) is 202 cm³/mol. The molecule has 6 rings (SSSR count). The Bertz CT molecular complexity index is 1430. The zero-order valence-corrected chi connectivity index (χ0v) is 34.1. The van der Waals surface area contributed by atoms with E-state index in [0.29, 0.717) is 17.8 Å². The van der Waals surface area contributed by atoms with Crippen LogP contribution in [0.2, 0.25) is 0 Å². The number of nitrogens with two attached hydrogens (primary N) is 1. The van der Waals surface area contributed by atoms with Crippen molar-refractivity contribution >= 4 is 93.3 Å². The molecule has 3 N–H and O–H groups in total. The standard InChI is InChI=1S/C11H14ClNOS.C11H16N2OS.C11H15NO2S.Cl2OS/c2*1-7(2)5-9-13-6-8(15-9)11(3-4-11)10(12)14;1-7(2)5-9-12-6-8(15-9)11(3-4-11)10(13)14;1-4(2)3/h6-7H,3-5H2,1-2H3;6-7H,3-5H2,1-2H3,(H2,12,14);6-7H,3-5H2,1-2H3,(H,13,14);. The van der Waals surface area contributed by atoms with Crippen molar-refractivity contribution in [1.29, 1.82) is 0 Å². The van der Waals surface area contributed by atoms with Crippen molar-refractivity contribution in [3.63, 3.8) is 0 Å². The Labute approximate surface area is 317 Å². The molecule has 3 saturated carbocycles. The van der Waals surface area contributed by atoms with E-state index >= 15 is 0 Å². The van der Waals surface area contributed by atoms with Crippen LogP contribution in [-0.2, 0) is 59.1 Å². The van der Waals surface area contributed by atoms with Gasteiger partial charge in [-0.05, 0) is 67.9 Å². The van der Waals surface area contributed by atoms with Gasteiger partial charge in [-0.3, -0.25) is 14.4 Å². The number of carbonyl (C=O) groups is 3. The Morgan fingerprint density at radius 2 is 1.00 bits per heavy atom. The van der Waals surface area contributed by atoms with Gasteiger partial charge in [0.2, 0.25) is 20.4 Å². The van der Waals surface area contributed by atoms with E-state index in [1.54, 1.807) is 40.2 Å². The summed E-state index contributed by atoms with van der Waals surface area (Å²) in [5, 5.41) is 12.2. The Balaban J connectivity index is 0.000000188. The molecule has 3 aliphatic carbocycles. The van der Waals surface area contributed by atoms with Crippen molar-refractivity contribution in [3.8, 4) is 0 Å². The molecular formula is C33H45Cl3N4O5S4. The summed E-state index contributed by atoms with van der Waals surface area (Å²) in [5.74, 6) is 0.895. The molecule has 0 atom stereocenters. The van der Waals surface area contributed by atoms with E-state index in [1.807, 2.05) is 12.4 Å². The third-order valence-electron chi connectivity index (χ3n) is 8.33. The largest absolute Gasteiger partial charge is 0.481 e. The maximum atomic E-state index is 11.3. The number of aromatic nitrogens is 3. The molecule has 3 aromatic heterocycles. The molecule has 49 heavy (non-hydrogen) atoms. The van der Waals surface area contributed by atoms with E-state index in [4.69, 9.17) is 26.7 Å². The van der Waals surface area contributed by atoms with Gasteiger partial charge in [0.1, 0.15) is 5.41 Å². The fourth-order valence-corrected chi connectivity index (χ4v) is 9.49. The van der Waals surface area contributed by atoms with Gasteiger partial charge in [-0.1, -0.05) is 41.5 Å². The average molecular weight is 812 g/mol. The molecule has 3 fully saturated rings. The Morgan fingerprint density at radius 3 is 1.22 bits per heavy atom. The second-order valence-corrected chi connectivity index (χ2v) is 20.2. The maximum Gasteiger partial charge on any atom is 0.315 e. The highest BCUT2D eigenvalue weighted by Gasteiger charge is 2.54. The monoisotopic (exact) mass is 810 g/mol. The van der Waals surface area contributed by atoms with Crippen molar-refractivity contribution in [3.05, 3.63) is 48.2 Å². The van der Waals surface area contributed by atoms with Crippen LogP contribution < -0.4 is 5.73 Å². The number of carboxylic acid groups (broad SMARTS) is 1. The van der Waals surface area contributed by atoms with Crippen LogP contribution in [0.1, 0.15) is 110 Å². The number of hydrogen-bond acceptors (Lipinski definition) is 10. The Kier molecular flexibility index (Phi) is 15.3. The third kappa shape index (κ3) is 11.8. The van der Waals surface area contributed by atoms with Gasteiger partial charge in [-0.25, -0.2) is 19.2 Å². The first-order valence-electron chi connectivity index (χ1n) is 16.2. The topological polar surface area (TPSA) is 153 Å². The lowest BCUT2D eigenvalue weighted by molar-refractivity contribution is -0.140. The van der Waals surface area contributed by atoms with Gasteiger partial charge >= 0.3 is 5.97 Å². The quantitative estimate of drug-likeness (QED) is 0.173. The van der Waals surface area contributed by atoms with Gasteiger partial charge in [0.15, 0.2) is 0 Å². The number of hydrogen-bond donors (Lipinski definition) is 2. The normalized spacial score (nSPS) is 17.3. The minimum atomic E-state index is -1.67. The number of nitrogens with zero attached hydrogens (tertiary/aromatic N) is 3. The molecule has 0 aromatic carbocycles. The zero-order valence-electron chi connectivity index (χ0n) is 28.6. The Hall–Kier alpha value is -1.48. The van der Waals surface area contributed by atoms with E-state index in [0.717, 1.165) is 87.4 Å². The summed E-state index contributed by atoms with van der Waals surface area (Å²) in [6, 6.07) is 0. The number of amides is 1. The van der Waals surface area contributed by atoms with Gasteiger partial charge in [0.05, 0.1) is 25.9 Å². The maximum absolute atomic E-state index is 11.3. The number of aliphatic carboxylic acids is 1. The van der Waals surface area contributed by atoms with Crippen LogP contribution in [0.25, 0.3) is 0 Å². The van der Waals surface area contributed by atoms with Crippen LogP contribution >= 0.6 is 67.0 Å². The van der Waals surface area contributed by atoms with Gasteiger partial charge < -0.3 is 10.8 Å². The van der Waals surface area contributed by atoms with Crippen LogP contribution in [0, 0.1) is 17.8 Å². The van der Waals surface area contributed by atoms with E-state index in [2.05, 4.69) is 77.9 Å². The average Bonchev–Trinajstić information content (AvgIpc) is 3.94. The van der Waals surface area contributed by atoms with Crippen molar-refractivity contribution in [2.45, 2.75) is 116 Å². The summed E-state index contributed by atoms with van der Waals surface area (Å²) in [5.41, 5.74) is 4.12. The molecule has 272 valence electrons. The summed E-state index contributed by atoms with van der Waals surface area (Å²) >= 11 is 10.5. The summed E-state index contributed by atoms with van der Waals surface area (Å²) in [4.78, 5) is 49.8. The predicted octanol–water partition coefficient (Wildman–Crippen LogP) is 8.50. The number of thiazole rings is 3. The van der Waals surface area contributed by atoms with Crippen molar-refractivity contribution < 1.29 is 23.7 Å². The smallest absolute Gasteiger partial charge is 0.315 e. The minimum absolute atomic E-state index is 0.192.